The van der Waals surface area contributed by atoms with Gasteiger partial charge in [0.25, 0.3) is 0 Å². The van der Waals surface area contributed by atoms with Gasteiger partial charge in [-0.1, -0.05) is 18.7 Å². The third-order valence-corrected chi connectivity index (χ3v) is 6.47. The Morgan fingerprint density at radius 1 is 1.42 bits per heavy atom. The Hall–Kier alpha value is -4.18. The summed E-state index contributed by atoms with van der Waals surface area (Å²) >= 11 is 0. The van der Waals surface area contributed by atoms with Gasteiger partial charge >= 0.3 is 5.69 Å². The van der Waals surface area contributed by atoms with Crippen molar-refractivity contribution in [2.75, 3.05) is 27.2 Å². The van der Waals surface area contributed by atoms with E-state index >= 15 is 0 Å². The number of aliphatic hydroxyl groups is 1. The van der Waals surface area contributed by atoms with Crippen LogP contribution < -0.4 is 16.7 Å². The molecule has 188 valence electrons. The summed E-state index contributed by atoms with van der Waals surface area (Å²) in [4.78, 5) is 29.1. The van der Waals surface area contributed by atoms with Crippen molar-refractivity contribution in [2.24, 2.45) is 22.8 Å². The summed E-state index contributed by atoms with van der Waals surface area (Å²) in [5.41, 5.74) is 9.60. The number of nitrogens with one attached hydrogen (secondary N) is 1. The molecule has 2 atom stereocenters. The van der Waals surface area contributed by atoms with Gasteiger partial charge in [-0.3, -0.25) is 19.1 Å². The Bertz CT molecular complexity index is 1490. The summed E-state index contributed by atoms with van der Waals surface area (Å²) < 4.78 is 3.41. The molecule has 0 amide bonds. The highest BCUT2D eigenvalue weighted by Gasteiger charge is 2.27. The fourth-order valence-corrected chi connectivity index (χ4v) is 4.37. The van der Waals surface area contributed by atoms with E-state index in [2.05, 4.69) is 21.9 Å². The highest BCUT2D eigenvalue weighted by molar-refractivity contribution is 6.12. The van der Waals surface area contributed by atoms with Crippen LogP contribution in [0.4, 0.5) is 0 Å². The average molecular weight is 489 g/mol. The predicted octanol–water partition coefficient (Wildman–Crippen LogP) is 1.77. The average Bonchev–Trinajstić information content (AvgIpc) is 3.14. The first kappa shape index (κ1) is 24.9. The number of rotatable bonds is 7. The van der Waals surface area contributed by atoms with Crippen LogP contribution in [0.15, 0.2) is 69.9 Å². The molecule has 0 saturated heterocycles. The summed E-state index contributed by atoms with van der Waals surface area (Å²) in [6.07, 6.45) is 8.77. The van der Waals surface area contributed by atoms with E-state index in [1.54, 1.807) is 35.6 Å². The van der Waals surface area contributed by atoms with E-state index in [9.17, 15) is 9.90 Å². The highest BCUT2D eigenvalue weighted by Crippen LogP contribution is 2.30. The molecule has 0 bridgehead atoms. The molecule has 0 fully saturated rings. The van der Waals surface area contributed by atoms with E-state index in [1.165, 1.54) is 6.20 Å². The molecule has 3 aromatic rings. The molecule has 2 aromatic heterocycles. The first-order chi connectivity index (χ1) is 17.3. The summed E-state index contributed by atoms with van der Waals surface area (Å²) in [6.45, 7) is 6.32. The minimum Gasteiger partial charge on any atom is -0.404 e. The van der Waals surface area contributed by atoms with E-state index < -0.39 is 0 Å². The Balaban J connectivity index is 1.88. The molecular weight excluding hydrogens is 456 g/mol. The molecule has 1 aliphatic rings. The zero-order chi connectivity index (χ0) is 26.0. The second-order valence-electron chi connectivity index (χ2n) is 8.74. The molecule has 0 radical (unpaired) electrons. The molecule has 1 aromatic carbocycles. The number of hydrogen-bond acceptors (Lipinski definition) is 8. The van der Waals surface area contributed by atoms with Crippen LogP contribution in [0.2, 0.25) is 0 Å². The Morgan fingerprint density at radius 2 is 2.19 bits per heavy atom. The van der Waals surface area contributed by atoms with E-state index in [4.69, 9.17) is 10.7 Å². The molecule has 10 heteroatoms. The number of pyridine rings is 1. The molecule has 36 heavy (non-hydrogen) atoms. The maximum absolute atomic E-state index is 13.5. The van der Waals surface area contributed by atoms with Crippen molar-refractivity contribution in [3.05, 3.63) is 71.2 Å². The van der Waals surface area contributed by atoms with Crippen molar-refractivity contribution in [3.63, 3.8) is 0 Å². The van der Waals surface area contributed by atoms with Gasteiger partial charge in [0.1, 0.15) is 11.7 Å². The zero-order valence-corrected chi connectivity index (χ0v) is 21.0. The van der Waals surface area contributed by atoms with Gasteiger partial charge in [-0.05, 0) is 30.7 Å². The smallest absolute Gasteiger partial charge is 0.329 e. The molecule has 10 nitrogen and oxygen atoms in total. The van der Waals surface area contributed by atoms with Gasteiger partial charge < -0.3 is 21.1 Å². The molecule has 0 spiro atoms. The maximum Gasteiger partial charge on any atom is 0.329 e. The number of aliphatic imine (C=N–C) groups is 2. The molecular formula is C26H32N8O2. The topological polar surface area (TPSA) is 126 Å². The number of dihydropyridines is 1. The molecule has 4 rings (SSSR count). The number of hydrogen-bond donors (Lipinski definition) is 3. The van der Waals surface area contributed by atoms with Gasteiger partial charge in [-0.25, -0.2) is 9.79 Å². The maximum atomic E-state index is 13.5. The van der Waals surface area contributed by atoms with Gasteiger partial charge in [0, 0.05) is 51.1 Å². The SMILES string of the molecule is C=C(/N=C\C(=C/N)c1ccc2ncc3c(c2c1)n(C1C=CC(N(C)CCO)=NC1C)c(=O)n3C)NC. The molecule has 0 saturated carbocycles. The standard InChI is InChI=1S/C26H32N8O2/c1-16-22(8-9-24(31-16)32(4)10-11-35)34-25-20-12-18(19(13-27)14-29-17(2)28-3)6-7-21(20)30-15-23(25)33(5)26(34)36/h6-9,12-16,22,28,35H,2,10-11,27H2,1,3-5H3/b19-13+,29-14-. The van der Waals surface area contributed by atoms with Gasteiger partial charge in [-0.15, -0.1) is 0 Å². The minimum atomic E-state index is -0.285. The first-order valence-electron chi connectivity index (χ1n) is 11.7. The number of nitrogens with zero attached hydrogens (tertiary/aromatic N) is 6. The van der Waals surface area contributed by atoms with Crippen molar-refractivity contribution >= 4 is 39.6 Å². The van der Waals surface area contributed by atoms with Crippen LogP contribution in [0.25, 0.3) is 27.5 Å². The zero-order valence-electron chi connectivity index (χ0n) is 21.0. The number of aliphatic hydroxyl groups excluding tert-OH is 1. The Labute approximate surface area is 209 Å². The lowest BCUT2D eigenvalue weighted by atomic mass is 10.0. The Kier molecular flexibility index (Phi) is 7.07. The largest absolute Gasteiger partial charge is 0.404 e. The third-order valence-electron chi connectivity index (χ3n) is 6.47. The number of likely N-dealkylation sites (N-methyl/N-ethyl adjacent to an activating group) is 1. The number of imidazole rings is 1. The number of amidine groups is 1. The van der Waals surface area contributed by atoms with Gasteiger partial charge in [-0.2, -0.15) is 0 Å². The predicted molar refractivity (Wildman–Crippen MR) is 146 cm³/mol. The van der Waals surface area contributed by atoms with Crippen molar-refractivity contribution in [1.29, 1.82) is 0 Å². The lowest BCUT2D eigenvalue weighted by Gasteiger charge is -2.27. The van der Waals surface area contributed by atoms with Crippen molar-refractivity contribution in [2.45, 2.75) is 19.0 Å². The number of benzene rings is 1. The van der Waals surface area contributed by atoms with Crippen LogP contribution >= 0.6 is 0 Å². The number of aryl methyl sites for hydroxylation is 1. The van der Waals surface area contributed by atoms with Crippen LogP contribution in [-0.2, 0) is 7.05 Å². The van der Waals surface area contributed by atoms with Crippen LogP contribution in [-0.4, -0.2) is 69.5 Å². The molecule has 4 N–H and O–H groups in total. The molecule has 2 unspecified atom stereocenters. The third kappa shape index (κ3) is 4.42. The quantitative estimate of drug-likeness (QED) is 0.435. The van der Waals surface area contributed by atoms with E-state index in [0.717, 1.165) is 33.3 Å². The number of fused-ring (bicyclic) bond motifs is 3. The fraction of sp³-hybridized carbons (Fsp3) is 0.308. The first-order valence-corrected chi connectivity index (χ1v) is 11.7. The van der Waals surface area contributed by atoms with Gasteiger partial charge in [0.2, 0.25) is 0 Å². The normalized spacial score (nSPS) is 18.2. The monoisotopic (exact) mass is 488 g/mol. The van der Waals surface area contributed by atoms with Crippen molar-refractivity contribution in [1.82, 2.24) is 24.3 Å². The second kappa shape index (κ2) is 10.2. The van der Waals surface area contributed by atoms with Crippen LogP contribution in [0.5, 0.6) is 0 Å². The molecule has 1 aliphatic heterocycles. The van der Waals surface area contributed by atoms with E-state index in [0.29, 0.717) is 17.9 Å². The van der Waals surface area contributed by atoms with Crippen molar-refractivity contribution in [3.8, 4) is 0 Å². The molecule has 0 aliphatic carbocycles. The van der Waals surface area contributed by atoms with Gasteiger partial charge in [0.15, 0.2) is 0 Å². The van der Waals surface area contributed by atoms with E-state index in [-0.39, 0.29) is 24.4 Å². The van der Waals surface area contributed by atoms with Crippen LogP contribution in [0.1, 0.15) is 18.5 Å². The fourth-order valence-electron chi connectivity index (χ4n) is 4.37. The van der Waals surface area contributed by atoms with Crippen LogP contribution in [0, 0.1) is 0 Å². The minimum absolute atomic E-state index is 0.0400. The number of nitrogens with two attached hydrogens (primary N) is 1. The summed E-state index contributed by atoms with van der Waals surface area (Å²) in [5, 5.41) is 13.0. The lowest BCUT2D eigenvalue weighted by Crippen LogP contribution is -2.36. The second-order valence-corrected chi connectivity index (χ2v) is 8.74. The summed E-state index contributed by atoms with van der Waals surface area (Å²) in [5.74, 6) is 1.29. The van der Waals surface area contributed by atoms with E-state index in [1.807, 2.05) is 49.2 Å². The van der Waals surface area contributed by atoms with Gasteiger partial charge in [0.05, 0.1) is 41.4 Å². The number of aromatic nitrogens is 3. The van der Waals surface area contributed by atoms with Crippen LogP contribution in [0.3, 0.4) is 0 Å². The summed E-state index contributed by atoms with van der Waals surface area (Å²) in [6, 6.07) is 5.34. The lowest BCUT2D eigenvalue weighted by molar-refractivity contribution is 0.263. The van der Waals surface area contributed by atoms with Crippen molar-refractivity contribution < 1.29 is 5.11 Å². The molecule has 3 heterocycles. The number of allylic oxidation sites excluding steroid dienone is 1. The highest BCUT2D eigenvalue weighted by atomic mass is 16.3. The Morgan fingerprint density at radius 3 is 2.86 bits per heavy atom. The summed E-state index contributed by atoms with van der Waals surface area (Å²) in [7, 11) is 5.38.